The first kappa shape index (κ1) is 14.3. The van der Waals surface area contributed by atoms with E-state index in [0.717, 1.165) is 18.1 Å². The standard InChI is InChI=1S/C14H23ClN2/c1-5-11(2)10-17(4)14-7-6-13(15)8-12(14)9-16-3/h6-8,11,16H,5,9-10H2,1-4H3. The lowest BCUT2D eigenvalue weighted by molar-refractivity contribution is 0.559. The van der Waals surface area contributed by atoms with Gasteiger partial charge in [-0.3, -0.25) is 0 Å². The quantitative estimate of drug-likeness (QED) is 0.835. The fourth-order valence-electron chi connectivity index (χ4n) is 1.95. The van der Waals surface area contributed by atoms with Crippen molar-refractivity contribution in [3.63, 3.8) is 0 Å². The second-order valence-electron chi connectivity index (χ2n) is 4.70. The topological polar surface area (TPSA) is 15.3 Å². The molecule has 0 aromatic heterocycles. The van der Waals surface area contributed by atoms with Crippen molar-refractivity contribution in [1.82, 2.24) is 5.32 Å². The van der Waals surface area contributed by atoms with Gasteiger partial charge in [0.25, 0.3) is 0 Å². The Morgan fingerprint density at radius 1 is 1.41 bits per heavy atom. The SMILES string of the molecule is CCC(C)CN(C)c1ccc(Cl)cc1CNC. The summed E-state index contributed by atoms with van der Waals surface area (Å²) in [6.45, 7) is 6.44. The number of rotatable bonds is 6. The molecule has 0 amide bonds. The van der Waals surface area contributed by atoms with Crippen LogP contribution in [0.2, 0.25) is 5.02 Å². The Bertz CT molecular complexity index is 352. The van der Waals surface area contributed by atoms with E-state index in [9.17, 15) is 0 Å². The van der Waals surface area contributed by atoms with E-state index in [1.54, 1.807) is 0 Å². The number of anilines is 1. The van der Waals surface area contributed by atoms with Crippen LogP contribution in [0.5, 0.6) is 0 Å². The Labute approximate surface area is 110 Å². The molecule has 1 aromatic carbocycles. The minimum absolute atomic E-state index is 0.707. The van der Waals surface area contributed by atoms with Crippen LogP contribution in [0, 0.1) is 5.92 Å². The fourth-order valence-corrected chi connectivity index (χ4v) is 2.15. The summed E-state index contributed by atoms with van der Waals surface area (Å²) >= 11 is 6.04. The average Bonchev–Trinajstić information content (AvgIpc) is 2.29. The minimum atomic E-state index is 0.707. The van der Waals surface area contributed by atoms with Crippen LogP contribution in [-0.4, -0.2) is 20.6 Å². The van der Waals surface area contributed by atoms with E-state index >= 15 is 0 Å². The molecule has 0 bridgehead atoms. The number of nitrogens with one attached hydrogen (secondary N) is 1. The average molecular weight is 255 g/mol. The Balaban J connectivity index is 2.87. The third-order valence-electron chi connectivity index (χ3n) is 3.10. The first-order valence-electron chi connectivity index (χ1n) is 6.22. The highest BCUT2D eigenvalue weighted by atomic mass is 35.5. The zero-order chi connectivity index (χ0) is 12.8. The van der Waals surface area contributed by atoms with Gasteiger partial charge in [-0.2, -0.15) is 0 Å². The van der Waals surface area contributed by atoms with Crippen molar-refractivity contribution in [2.75, 3.05) is 25.5 Å². The Morgan fingerprint density at radius 3 is 2.71 bits per heavy atom. The molecule has 1 rings (SSSR count). The maximum atomic E-state index is 6.04. The highest BCUT2D eigenvalue weighted by Crippen LogP contribution is 2.24. The predicted octanol–water partition coefficient (Wildman–Crippen LogP) is 3.54. The lowest BCUT2D eigenvalue weighted by atomic mass is 10.1. The van der Waals surface area contributed by atoms with Crippen molar-refractivity contribution in [2.45, 2.75) is 26.8 Å². The van der Waals surface area contributed by atoms with Gasteiger partial charge in [0.05, 0.1) is 0 Å². The molecule has 2 nitrogen and oxygen atoms in total. The summed E-state index contributed by atoms with van der Waals surface area (Å²) < 4.78 is 0. The summed E-state index contributed by atoms with van der Waals surface area (Å²) in [5.74, 6) is 0.707. The maximum absolute atomic E-state index is 6.04. The lowest BCUT2D eigenvalue weighted by Gasteiger charge is -2.25. The van der Waals surface area contributed by atoms with Crippen molar-refractivity contribution in [1.29, 1.82) is 0 Å². The summed E-state index contributed by atoms with van der Waals surface area (Å²) in [7, 11) is 4.11. The summed E-state index contributed by atoms with van der Waals surface area (Å²) in [6.07, 6.45) is 1.21. The highest BCUT2D eigenvalue weighted by Gasteiger charge is 2.10. The first-order chi connectivity index (χ1) is 8.08. The molecule has 0 radical (unpaired) electrons. The zero-order valence-electron chi connectivity index (χ0n) is 11.3. The number of nitrogens with zero attached hydrogens (tertiary/aromatic N) is 1. The number of hydrogen-bond donors (Lipinski definition) is 1. The molecule has 96 valence electrons. The largest absolute Gasteiger partial charge is 0.374 e. The van der Waals surface area contributed by atoms with E-state index in [1.165, 1.54) is 17.7 Å². The Morgan fingerprint density at radius 2 is 2.12 bits per heavy atom. The van der Waals surface area contributed by atoms with Crippen molar-refractivity contribution in [2.24, 2.45) is 5.92 Å². The van der Waals surface area contributed by atoms with Gasteiger partial charge in [-0.15, -0.1) is 0 Å². The fraction of sp³-hybridized carbons (Fsp3) is 0.571. The second-order valence-corrected chi connectivity index (χ2v) is 5.13. The maximum Gasteiger partial charge on any atom is 0.0410 e. The van der Waals surface area contributed by atoms with Crippen LogP contribution in [0.4, 0.5) is 5.69 Å². The molecule has 0 aliphatic carbocycles. The Kier molecular flexibility index (Phi) is 5.79. The molecule has 0 saturated heterocycles. The Hall–Kier alpha value is -0.730. The van der Waals surface area contributed by atoms with Gasteiger partial charge < -0.3 is 10.2 Å². The normalized spacial score (nSPS) is 12.5. The van der Waals surface area contributed by atoms with Crippen LogP contribution in [0.15, 0.2) is 18.2 Å². The van der Waals surface area contributed by atoms with E-state index in [1.807, 2.05) is 19.2 Å². The third kappa shape index (κ3) is 4.21. The van der Waals surface area contributed by atoms with Crippen molar-refractivity contribution in [3.05, 3.63) is 28.8 Å². The molecule has 0 fully saturated rings. The van der Waals surface area contributed by atoms with Gasteiger partial charge in [-0.05, 0) is 36.7 Å². The van der Waals surface area contributed by atoms with Crippen LogP contribution in [0.3, 0.4) is 0 Å². The summed E-state index contributed by atoms with van der Waals surface area (Å²) in [4.78, 5) is 2.32. The third-order valence-corrected chi connectivity index (χ3v) is 3.34. The van der Waals surface area contributed by atoms with Gasteiger partial charge in [0.15, 0.2) is 0 Å². The van der Waals surface area contributed by atoms with E-state index < -0.39 is 0 Å². The van der Waals surface area contributed by atoms with E-state index in [0.29, 0.717) is 5.92 Å². The molecule has 1 atom stereocenters. The number of halogens is 1. The van der Waals surface area contributed by atoms with Gasteiger partial charge in [0.2, 0.25) is 0 Å². The van der Waals surface area contributed by atoms with Crippen LogP contribution in [0.25, 0.3) is 0 Å². The molecule has 0 saturated carbocycles. The van der Waals surface area contributed by atoms with Gasteiger partial charge >= 0.3 is 0 Å². The summed E-state index contributed by atoms with van der Waals surface area (Å²) in [5, 5.41) is 3.99. The minimum Gasteiger partial charge on any atom is -0.374 e. The van der Waals surface area contributed by atoms with Crippen molar-refractivity contribution >= 4 is 17.3 Å². The molecule has 0 spiro atoms. The molecular formula is C14H23ClN2. The zero-order valence-corrected chi connectivity index (χ0v) is 12.0. The van der Waals surface area contributed by atoms with Crippen molar-refractivity contribution in [3.8, 4) is 0 Å². The lowest BCUT2D eigenvalue weighted by Crippen LogP contribution is -2.25. The molecule has 0 aliphatic rings. The highest BCUT2D eigenvalue weighted by molar-refractivity contribution is 6.30. The van der Waals surface area contributed by atoms with Gasteiger partial charge in [-0.1, -0.05) is 31.9 Å². The van der Waals surface area contributed by atoms with Crippen LogP contribution in [0.1, 0.15) is 25.8 Å². The van der Waals surface area contributed by atoms with Crippen molar-refractivity contribution < 1.29 is 0 Å². The molecule has 0 heterocycles. The molecule has 17 heavy (non-hydrogen) atoms. The molecule has 1 unspecified atom stereocenters. The molecule has 0 aliphatic heterocycles. The molecule has 1 N–H and O–H groups in total. The van der Waals surface area contributed by atoms with Crippen LogP contribution < -0.4 is 10.2 Å². The second kappa shape index (κ2) is 6.87. The van der Waals surface area contributed by atoms with E-state index in [-0.39, 0.29) is 0 Å². The monoisotopic (exact) mass is 254 g/mol. The van der Waals surface area contributed by atoms with E-state index in [4.69, 9.17) is 11.6 Å². The summed E-state index contributed by atoms with van der Waals surface area (Å²) in [6, 6.07) is 6.11. The van der Waals surface area contributed by atoms with E-state index in [2.05, 4.69) is 37.2 Å². The number of hydrogen-bond acceptors (Lipinski definition) is 2. The number of benzene rings is 1. The van der Waals surface area contributed by atoms with Gasteiger partial charge in [-0.25, -0.2) is 0 Å². The molecular weight excluding hydrogens is 232 g/mol. The molecule has 3 heteroatoms. The van der Waals surface area contributed by atoms with Crippen LogP contribution in [-0.2, 0) is 6.54 Å². The van der Waals surface area contributed by atoms with Crippen LogP contribution >= 0.6 is 11.6 Å². The smallest absolute Gasteiger partial charge is 0.0410 e. The summed E-state index contributed by atoms with van der Waals surface area (Å²) in [5.41, 5.74) is 2.52. The molecule has 1 aromatic rings. The van der Waals surface area contributed by atoms with Gasteiger partial charge in [0, 0.05) is 30.8 Å². The predicted molar refractivity (Wildman–Crippen MR) is 76.9 cm³/mol. The van der Waals surface area contributed by atoms with Gasteiger partial charge in [0.1, 0.15) is 0 Å². The first-order valence-corrected chi connectivity index (χ1v) is 6.60.